The Hall–Kier alpha value is -0.970. The number of aromatic nitrogens is 1. The van der Waals surface area contributed by atoms with Crippen LogP contribution in [0, 0.1) is 6.92 Å². The summed E-state index contributed by atoms with van der Waals surface area (Å²) in [5.41, 5.74) is 3.02. The number of para-hydroxylation sites is 1. The number of benzene rings is 1. The fourth-order valence-corrected chi connectivity index (χ4v) is 3.36. The summed E-state index contributed by atoms with van der Waals surface area (Å²) in [7, 11) is -1.37. The number of nitrogens with zero attached hydrogens (tertiary/aromatic N) is 1. The molecule has 2 N–H and O–H groups in total. The maximum absolute atomic E-state index is 11.6. The number of nitrogens with two attached hydrogens (primary N) is 1. The van der Waals surface area contributed by atoms with Crippen LogP contribution in [0.4, 0.5) is 0 Å². The van der Waals surface area contributed by atoms with E-state index in [1.54, 1.807) is 0 Å². The minimum absolute atomic E-state index is 0.136. The van der Waals surface area contributed by atoms with Crippen LogP contribution >= 0.6 is 11.6 Å². The molecule has 1 aromatic carbocycles. The Kier molecular flexibility index (Phi) is 4.71. The molecule has 114 valence electrons. The quantitative estimate of drug-likeness (QED) is 0.861. The van der Waals surface area contributed by atoms with Crippen molar-refractivity contribution < 1.29 is 4.21 Å². The van der Waals surface area contributed by atoms with Crippen molar-refractivity contribution in [3.05, 3.63) is 40.5 Å². The van der Waals surface area contributed by atoms with E-state index in [0.29, 0.717) is 11.6 Å². The standard InChI is InChI=1S/C16H21ClN2OS/c1-10-6-5-7-12-8-13(15(17)19-14(10)12)11(2)9-16(3,4)21(18)20/h5-8,11H,9,18H2,1-4H3/t11-,21+/m0/s1. The molecule has 0 radical (unpaired) electrons. The molecular weight excluding hydrogens is 304 g/mol. The lowest BCUT2D eigenvalue weighted by molar-refractivity contribution is 0.540. The third kappa shape index (κ3) is 3.44. The maximum Gasteiger partial charge on any atom is 0.133 e. The molecule has 0 amide bonds. The summed E-state index contributed by atoms with van der Waals surface area (Å²) in [6, 6.07) is 8.15. The van der Waals surface area contributed by atoms with Gasteiger partial charge in [-0.2, -0.15) is 0 Å². The highest BCUT2D eigenvalue weighted by Gasteiger charge is 2.27. The van der Waals surface area contributed by atoms with Gasteiger partial charge in [-0.15, -0.1) is 0 Å². The van der Waals surface area contributed by atoms with E-state index in [9.17, 15) is 4.21 Å². The van der Waals surface area contributed by atoms with Gasteiger partial charge in [0.2, 0.25) is 0 Å². The zero-order valence-electron chi connectivity index (χ0n) is 12.8. The Morgan fingerprint density at radius 1 is 1.43 bits per heavy atom. The molecule has 1 aromatic heterocycles. The summed E-state index contributed by atoms with van der Waals surface area (Å²) < 4.78 is 11.2. The minimum atomic E-state index is -1.37. The number of halogens is 1. The second-order valence-electron chi connectivity index (χ2n) is 6.18. The number of rotatable bonds is 4. The number of hydrogen-bond donors (Lipinski definition) is 1. The first-order chi connectivity index (χ1) is 9.72. The van der Waals surface area contributed by atoms with Crippen molar-refractivity contribution in [1.29, 1.82) is 0 Å². The van der Waals surface area contributed by atoms with Gasteiger partial charge in [-0.1, -0.05) is 36.7 Å². The summed E-state index contributed by atoms with van der Waals surface area (Å²) in [6.45, 7) is 7.91. The second kappa shape index (κ2) is 6.03. The van der Waals surface area contributed by atoms with E-state index in [0.717, 1.165) is 22.0 Å². The van der Waals surface area contributed by atoms with Crippen LogP contribution in [0.1, 0.15) is 44.2 Å². The molecule has 0 fully saturated rings. The van der Waals surface area contributed by atoms with Crippen LogP contribution < -0.4 is 5.14 Å². The van der Waals surface area contributed by atoms with Gasteiger partial charge in [-0.3, -0.25) is 5.14 Å². The van der Waals surface area contributed by atoms with Crippen molar-refractivity contribution in [1.82, 2.24) is 4.98 Å². The number of aryl methyl sites for hydroxylation is 1. The third-order valence-corrected chi connectivity index (χ3v) is 5.46. The maximum atomic E-state index is 11.6. The van der Waals surface area contributed by atoms with E-state index < -0.39 is 15.7 Å². The first-order valence-corrected chi connectivity index (χ1v) is 8.53. The van der Waals surface area contributed by atoms with Crippen molar-refractivity contribution in [2.45, 2.75) is 44.8 Å². The zero-order chi connectivity index (χ0) is 15.8. The summed E-state index contributed by atoms with van der Waals surface area (Å²) >= 11 is 6.36. The highest BCUT2D eigenvalue weighted by atomic mass is 35.5. The number of hydrogen-bond acceptors (Lipinski definition) is 2. The van der Waals surface area contributed by atoms with Crippen LogP contribution in [0.5, 0.6) is 0 Å². The Morgan fingerprint density at radius 3 is 2.71 bits per heavy atom. The van der Waals surface area contributed by atoms with Gasteiger partial charge in [-0.25, -0.2) is 9.19 Å². The molecule has 0 saturated carbocycles. The van der Waals surface area contributed by atoms with Gasteiger partial charge < -0.3 is 0 Å². The number of pyridine rings is 1. The average molecular weight is 325 g/mol. The Balaban J connectivity index is 2.42. The Morgan fingerprint density at radius 2 is 2.10 bits per heavy atom. The fourth-order valence-electron chi connectivity index (χ4n) is 2.62. The van der Waals surface area contributed by atoms with Gasteiger partial charge in [0.1, 0.15) is 5.15 Å². The molecule has 5 heteroatoms. The van der Waals surface area contributed by atoms with Gasteiger partial charge in [0.05, 0.1) is 21.2 Å². The minimum Gasteiger partial charge on any atom is -0.251 e. The third-order valence-electron chi connectivity index (χ3n) is 3.90. The van der Waals surface area contributed by atoms with Gasteiger partial charge in [0.25, 0.3) is 0 Å². The van der Waals surface area contributed by atoms with Crippen LogP contribution in [0.3, 0.4) is 0 Å². The SMILES string of the molecule is Cc1cccc2cc([C@@H](C)CC(C)(C)[S@](N)=O)c(Cl)nc12. The van der Waals surface area contributed by atoms with E-state index >= 15 is 0 Å². The molecule has 2 aromatic rings. The summed E-state index contributed by atoms with van der Waals surface area (Å²) in [4.78, 5) is 4.53. The Labute approximate surface area is 133 Å². The van der Waals surface area contributed by atoms with Crippen LogP contribution in [-0.4, -0.2) is 13.9 Å². The molecule has 0 saturated heterocycles. The van der Waals surface area contributed by atoms with Crippen LogP contribution in [-0.2, 0) is 11.0 Å². The highest BCUT2D eigenvalue weighted by molar-refractivity contribution is 7.84. The molecule has 0 aliphatic rings. The van der Waals surface area contributed by atoms with Crippen LogP contribution in [0.15, 0.2) is 24.3 Å². The van der Waals surface area contributed by atoms with E-state index in [1.807, 2.05) is 39.0 Å². The van der Waals surface area contributed by atoms with Crippen molar-refractivity contribution in [3.8, 4) is 0 Å². The molecule has 0 aliphatic carbocycles. The normalized spacial score (nSPS) is 15.1. The lowest BCUT2D eigenvalue weighted by atomic mass is 9.91. The monoisotopic (exact) mass is 324 g/mol. The van der Waals surface area contributed by atoms with Gasteiger partial charge >= 0.3 is 0 Å². The van der Waals surface area contributed by atoms with Crippen molar-refractivity contribution >= 4 is 33.5 Å². The van der Waals surface area contributed by atoms with Crippen molar-refractivity contribution in [3.63, 3.8) is 0 Å². The van der Waals surface area contributed by atoms with E-state index in [1.165, 1.54) is 0 Å². The molecule has 3 nitrogen and oxygen atoms in total. The number of fused-ring (bicyclic) bond motifs is 1. The molecule has 2 rings (SSSR count). The summed E-state index contributed by atoms with van der Waals surface area (Å²) in [5, 5.41) is 7.16. The van der Waals surface area contributed by atoms with Crippen molar-refractivity contribution in [2.75, 3.05) is 0 Å². The molecule has 2 atom stereocenters. The average Bonchev–Trinajstić information content (AvgIpc) is 2.38. The molecule has 0 aliphatic heterocycles. The molecular formula is C16H21ClN2OS. The van der Waals surface area contributed by atoms with Crippen LogP contribution in [0.25, 0.3) is 10.9 Å². The lowest BCUT2D eigenvalue weighted by Gasteiger charge is -2.25. The van der Waals surface area contributed by atoms with E-state index in [4.69, 9.17) is 16.7 Å². The fraction of sp³-hybridized carbons (Fsp3) is 0.438. The van der Waals surface area contributed by atoms with Gasteiger partial charge in [0.15, 0.2) is 0 Å². The van der Waals surface area contributed by atoms with E-state index in [-0.39, 0.29) is 5.92 Å². The largest absolute Gasteiger partial charge is 0.251 e. The molecule has 0 bridgehead atoms. The smallest absolute Gasteiger partial charge is 0.133 e. The predicted octanol–water partition coefficient (Wildman–Crippen LogP) is 4.09. The zero-order valence-corrected chi connectivity index (χ0v) is 14.4. The van der Waals surface area contributed by atoms with Gasteiger partial charge in [0, 0.05) is 5.39 Å². The molecule has 0 unspecified atom stereocenters. The van der Waals surface area contributed by atoms with E-state index in [2.05, 4.69) is 18.0 Å². The molecule has 0 spiro atoms. The van der Waals surface area contributed by atoms with Crippen molar-refractivity contribution in [2.24, 2.45) is 5.14 Å². The second-order valence-corrected chi connectivity index (χ2v) is 8.24. The highest BCUT2D eigenvalue weighted by Crippen LogP contribution is 2.33. The first-order valence-electron chi connectivity index (χ1n) is 6.94. The first kappa shape index (κ1) is 16.4. The van der Waals surface area contributed by atoms with Gasteiger partial charge in [-0.05, 0) is 50.3 Å². The Bertz CT molecular complexity index is 700. The van der Waals surface area contributed by atoms with Crippen LogP contribution in [0.2, 0.25) is 5.15 Å². The summed E-state index contributed by atoms with van der Waals surface area (Å²) in [6.07, 6.45) is 0.689. The topological polar surface area (TPSA) is 56.0 Å². The molecule has 21 heavy (non-hydrogen) atoms. The predicted molar refractivity (Wildman–Crippen MR) is 90.9 cm³/mol. The summed E-state index contributed by atoms with van der Waals surface area (Å²) in [5.74, 6) is 0.136. The lowest BCUT2D eigenvalue weighted by Crippen LogP contribution is -2.33. The molecule has 1 heterocycles.